The molecule has 3 aromatic carbocycles. The summed E-state index contributed by atoms with van der Waals surface area (Å²) in [5.74, 6) is -0.374. The van der Waals surface area contributed by atoms with E-state index in [4.69, 9.17) is 9.41 Å². The highest BCUT2D eigenvalue weighted by atomic mass is 19.1. The van der Waals surface area contributed by atoms with Crippen LogP contribution in [0, 0.1) is 5.82 Å². The Labute approximate surface area is 177 Å². The number of hydrogen-bond donors (Lipinski definition) is 1. The number of ketones is 1. The molecule has 0 fully saturated rings. The molecule has 0 saturated carbocycles. The Morgan fingerprint density at radius 2 is 1.68 bits per heavy atom. The molecule has 1 atom stereocenters. The molecular weight excluding hydrogens is 395 g/mol. The summed E-state index contributed by atoms with van der Waals surface area (Å²) in [7, 11) is 0. The maximum absolute atomic E-state index is 13.5. The van der Waals surface area contributed by atoms with E-state index in [9.17, 15) is 9.18 Å². The summed E-state index contributed by atoms with van der Waals surface area (Å²) in [5.41, 5.74) is 3.89. The quantitative estimate of drug-likeness (QED) is 0.541. The number of benzene rings is 3. The van der Waals surface area contributed by atoms with Crippen LogP contribution < -0.4 is 5.32 Å². The van der Waals surface area contributed by atoms with Crippen molar-refractivity contribution in [3.8, 4) is 11.5 Å². The van der Waals surface area contributed by atoms with Crippen LogP contribution in [0.2, 0.25) is 0 Å². The zero-order valence-corrected chi connectivity index (χ0v) is 16.3. The number of anilines is 1. The van der Waals surface area contributed by atoms with E-state index in [0.717, 1.165) is 16.7 Å². The second-order valence-corrected chi connectivity index (χ2v) is 7.11. The number of aromatic nitrogens is 2. The van der Waals surface area contributed by atoms with Crippen molar-refractivity contribution < 1.29 is 13.6 Å². The molecule has 0 radical (unpaired) electrons. The number of hydrogen-bond acceptors (Lipinski definition) is 6. The van der Waals surface area contributed by atoms with Crippen LogP contribution in [0.15, 0.2) is 88.3 Å². The van der Waals surface area contributed by atoms with Gasteiger partial charge in [-0.3, -0.25) is 9.79 Å². The number of nitrogens with one attached hydrogen (secondary N) is 1. The van der Waals surface area contributed by atoms with E-state index in [2.05, 4.69) is 15.5 Å². The number of fused-ring (bicyclic) bond motifs is 1. The molecule has 1 aliphatic rings. The fourth-order valence-corrected chi connectivity index (χ4v) is 3.54. The van der Waals surface area contributed by atoms with Gasteiger partial charge in [-0.2, -0.15) is 0 Å². The van der Waals surface area contributed by atoms with Crippen LogP contribution in [0.1, 0.15) is 16.7 Å². The fraction of sp³-hybridized carbons (Fsp3) is 0.0833. The zero-order valence-electron chi connectivity index (χ0n) is 16.3. The maximum Gasteiger partial charge on any atom is 0.317 e. The summed E-state index contributed by atoms with van der Waals surface area (Å²) in [6.07, 6.45) is -0.679. The molecule has 0 spiro atoms. The lowest BCUT2D eigenvalue weighted by molar-refractivity contribution is -0.119. The fourth-order valence-electron chi connectivity index (χ4n) is 3.54. The first-order valence-electron chi connectivity index (χ1n) is 9.77. The SMILES string of the molecule is O=C1Cc2ccccc2C(c2ccccc2)=NC1Nc1nnc(-c2cccc(F)c2)o1. The lowest BCUT2D eigenvalue weighted by Crippen LogP contribution is -2.29. The van der Waals surface area contributed by atoms with Crippen molar-refractivity contribution in [1.82, 2.24) is 10.2 Å². The van der Waals surface area contributed by atoms with E-state index in [1.165, 1.54) is 12.1 Å². The maximum atomic E-state index is 13.5. The molecule has 7 heteroatoms. The minimum atomic E-state index is -0.900. The summed E-state index contributed by atoms with van der Waals surface area (Å²) in [5, 5.41) is 10.8. The highest BCUT2D eigenvalue weighted by Crippen LogP contribution is 2.24. The largest absolute Gasteiger partial charge is 0.403 e. The number of aliphatic imine (C=N–C) groups is 1. The monoisotopic (exact) mass is 412 g/mol. The van der Waals surface area contributed by atoms with Crippen molar-refractivity contribution in [3.05, 3.63) is 101 Å². The highest BCUT2D eigenvalue weighted by molar-refractivity contribution is 6.16. The van der Waals surface area contributed by atoms with Gasteiger partial charge in [-0.05, 0) is 23.8 Å². The van der Waals surface area contributed by atoms with Crippen LogP contribution in [-0.4, -0.2) is 27.9 Å². The van der Waals surface area contributed by atoms with Gasteiger partial charge in [0, 0.05) is 23.1 Å². The average Bonchev–Trinajstić information content (AvgIpc) is 3.21. The molecule has 1 aliphatic heterocycles. The van der Waals surface area contributed by atoms with E-state index in [-0.39, 0.29) is 24.1 Å². The highest BCUT2D eigenvalue weighted by Gasteiger charge is 2.27. The van der Waals surface area contributed by atoms with Crippen molar-refractivity contribution in [2.24, 2.45) is 4.99 Å². The lowest BCUT2D eigenvalue weighted by Gasteiger charge is -2.11. The first kappa shape index (κ1) is 18.9. The molecule has 6 nitrogen and oxygen atoms in total. The lowest BCUT2D eigenvalue weighted by atomic mass is 9.96. The summed E-state index contributed by atoms with van der Waals surface area (Å²) in [6, 6.07) is 23.3. The summed E-state index contributed by atoms with van der Waals surface area (Å²) >= 11 is 0. The molecule has 0 bridgehead atoms. The minimum absolute atomic E-state index is 0.0414. The Morgan fingerprint density at radius 3 is 2.52 bits per heavy atom. The molecule has 5 rings (SSSR count). The molecule has 1 aromatic heterocycles. The molecule has 0 aliphatic carbocycles. The van der Waals surface area contributed by atoms with E-state index in [1.807, 2.05) is 54.6 Å². The number of halogens is 1. The van der Waals surface area contributed by atoms with E-state index in [0.29, 0.717) is 11.3 Å². The van der Waals surface area contributed by atoms with Gasteiger partial charge < -0.3 is 9.73 Å². The van der Waals surface area contributed by atoms with E-state index in [1.54, 1.807) is 12.1 Å². The molecule has 4 aromatic rings. The van der Waals surface area contributed by atoms with Crippen molar-refractivity contribution >= 4 is 17.5 Å². The Kier molecular flexibility index (Phi) is 4.84. The molecule has 0 saturated heterocycles. The van der Waals surface area contributed by atoms with Gasteiger partial charge in [-0.15, -0.1) is 5.10 Å². The third-order valence-electron chi connectivity index (χ3n) is 5.00. The Bertz CT molecular complexity index is 1280. The average molecular weight is 412 g/mol. The standard InChI is InChI=1S/C24H17FN4O2/c25-18-11-6-10-17(13-18)23-28-29-24(31-23)27-22-20(30)14-16-9-4-5-12-19(16)21(26-22)15-7-2-1-3-8-15/h1-13,22H,14H2,(H,27,29). The molecular formula is C24H17FN4O2. The summed E-state index contributed by atoms with van der Waals surface area (Å²) in [4.78, 5) is 17.7. The van der Waals surface area contributed by atoms with Crippen LogP contribution in [0.5, 0.6) is 0 Å². The first-order chi connectivity index (χ1) is 15.2. The summed E-state index contributed by atoms with van der Waals surface area (Å²) in [6.45, 7) is 0. The number of nitrogens with zero attached hydrogens (tertiary/aromatic N) is 3. The first-order valence-corrected chi connectivity index (χ1v) is 9.77. The number of rotatable bonds is 4. The van der Waals surface area contributed by atoms with Gasteiger partial charge in [0.2, 0.25) is 5.89 Å². The minimum Gasteiger partial charge on any atom is -0.403 e. The number of carbonyl (C=O) groups is 1. The topological polar surface area (TPSA) is 80.4 Å². The molecule has 1 N–H and O–H groups in total. The van der Waals surface area contributed by atoms with Crippen molar-refractivity contribution in [2.45, 2.75) is 12.6 Å². The summed E-state index contributed by atoms with van der Waals surface area (Å²) < 4.78 is 19.1. The van der Waals surface area contributed by atoms with Crippen LogP contribution >= 0.6 is 0 Å². The van der Waals surface area contributed by atoms with Crippen molar-refractivity contribution in [1.29, 1.82) is 0 Å². The van der Waals surface area contributed by atoms with Gasteiger partial charge in [0.15, 0.2) is 11.9 Å². The third-order valence-corrected chi connectivity index (χ3v) is 5.00. The zero-order chi connectivity index (χ0) is 21.2. The van der Waals surface area contributed by atoms with E-state index >= 15 is 0 Å². The van der Waals surface area contributed by atoms with Gasteiger partial charge in [-0.25, -0.2) is 4.39 Å². The number of carbonyl (C=O) groups excluding carboxylic acids is 1. The Hall–Kier alpha value is -4.13. The predicted octanol–water partition coefficient (Wildman–Crippen LogP) is 4.28. The smallest absolute Gasteiger partial charge is 0.317 e. The second kappa shape index (κ2) is 7.95. The predicted molar refractivity (Wildman–Crippen MR) is 114 cm³/mol. The van der Waals surface area contributed by atoms with E-state index < -0.39 is 12.0 Å². The third kappa shape index (κ3) is 3.85. The van der Waals surface area contributed by atoms with Gasteiger partial charge in [0.25, 0.3) is 0 Å². The Morgan fingerprint density at radius 1 is 0.903 bits per heavy atom. The van der Waals surface area contributed by atoms with Crippen LogP contribution in [0.3, 0.4) is 0 Å². The van der Waals surface area contributed by atoms with Crippen LogP contribution in [-0.2, 0) is 11.2 Å². The van der Waals surface area contributed by atoms with Gasteiger partial charge in [-0.1, -0.05) is 65.8 Å². The Balaban J connectivity index is 1.50. The van der Waals surface area contributed by atoms with Gasteiger partial charge >= 0.3 is 6.01 Å². The van der Waals surface area contributed by atoms with Crippen molar-refractivity contribution in [3.63, 3.8) is 0 Å². The van der Waals surface area contributed by atoms with Gasteiger partial charge in [0.1, 0.15) is 5.82 Å². The van der Waals surface area contributed by atoms with Crippen molar-refractivity contribution in [2.75, 3.05) is 5.32 Å². The molecule has 1 unspecified atom stereocenters. The normalized spacial score (nSPS) is 15.7. The van der Waals surface area contributed by atoms with Gasteiger partial charge in [0.05, 0.1) is 5.71 Å². The number of Topliss-reactive ketones (excluding diaryl/α,β-unsaturated/α-hetero) is 1. The van der Waals surface area contributed by atoms with Crippen LogP contribution in [0.25, 0.3) is 11.5 Å². The molecule has 152 valence electrons. The molecule has 0 amide bonds. The molecule has 31 heavy (non-hydrogen) atoms. The molecule has 2 heterocycles. The second-order valence-electron chi connectivity index (χ2n) is 7.11. The van der Waals surface area contributed by atoms with Crippen LogP contribution in [0.4, 0.5) is 10.4 Å².